The second kappa shape index (κ2) is 6.90. The predicted octanol–water partition coefficient (Wildman–Crippen LogP) is 4.35. The van der Waals surface area contributed by atoms with Gasteiger partial charge in [-0.1, -0.05) is 31.6 Å². The fraction of sp³-hybridized carbons (Fsp3) is 0.733. The van der Waals surface area contributed by atoms with E-state index in [-0.39, 0.29) is 0 Å². The third-order valence-electron chi connectivity index (χ3n) is 3.34. The second-order valence-electron chi connectivity index (χ2n) is 5.35. The molecule has 0 bridgehead atoms. The van der Waals surface area contributed by atoms with Crippen LogP contribution in [0.3, 0.4) is 0 Å². The summed E-state index contributed by atoms with van der Waals surface area (Å²) < 4.78 is 5.22. The second-order valence-corrected chi connectivity index (χ2v) is 5.35. The van der Waals surface area contributed by atoms with Crippen molar-refractivity contribution in [3.63, 3.8) is 0 Å². The summed E-state index contributed by atoms with van der Waals surface area (Å²) in [4.78, 5) is 0. The van der Waals surface area contributed by atoms with Crippen molar-refractivity contribution in [2.45, 2.75) is 46.5 Å². The van der Waals surface area contributed by atoms with Gasteiger partial charge in [-0.05, 0) is 50.0 Å². The van der Waals surface area contributed by atoms with Crippen LogP contribution in [0, 0.1) is 11.8 Å². The molecule has 1 nitrogen and oxygen atoms in total. The van der Waals surface area contributed by atoms with E-state index in [0.717, 1.165) is 18.4 Å². The third-order valence-corrected chi connectivity index (χ3v) is 3.34. The molecule has 0 aromatic heterocycles. The first-order chi connectivity index (χ1) is 7.63. The largest absolute Gasteiger partial charge is 0.380 e. The van der Waals surface area contributed by atoms with Crippen LogP contribution in [0.2, 0.25) is 0 Å². The minimum absolute atomic E-state index is 0.758. The van der Waals surface area contributed by atoms with Gasteiger partial charge in [0.05, 0.1) is 6.61 Å². The average molecular weight is 222 g/mol. The zero-order chi connectivity index (χ0) is 12.0. The van der Waals surface area contributed by atoms with E-state index in [1.165, 1.54) is 31.3 Å². The van der Waals surface area contributed by atoms with E-state index in [1.807, 2.05) is 0 Å². The van der Waals surface area contributed by atoms with Crippen LogP contribution in [-0.4, -0.2) is 13.7 Å². The summed E-state index contributed by atoms with van der Waals surface area (Å²) in [6, 6.07) is 0. The van der Waals surface area contributed by atoms with Gasteiger partial charge in [0.2, 0.25) is 0 Å². The molecule has 16 heavy (non-hydrogen) atoms. The van der Waals surface area contributed by atoms with Gasteiger partial charge in [0.25, 0.3) is 0 Å². The van der Waals surface area contributed by atoms with Crippen molar-refractivity contribution in [3.05, 3.63) is 23.3 Å². The number of hydrogen-bond acceptors (Lipinski definition) is 1. The Labute approximate surface area is 101 Å². The van der Waals surface area contributed by atoms with Gasteiger partial charge in [-0.25, -0.2) is 0 Å². The molecule has 1 aliphatic carbocycles. The molecule has 92 valence electrons. The highest BCUT2D eigenvalue weighted by Gasteiger charge is 2.16. The summed E-state index contributed by atoms with van der Waals surface area (Å²) >= 11 is 0. The van der Waals surface area contributed by atoms with Crippen molar-refractivity contribution in [2.24, 2.45) is 11.8 Å². The normalized spacial score (nSPS) is 22.4. The van der Waals surface area contributed by atoms with Gasteiger partial charge in [0.15, 0.2) is 0 Å². The van der Waals surface area contributed by atoms with Crippen LogP contribution in [0.1, 0.15) is 46.5 Å². The minimum atomic E-state index is 0.758. The molecule has 1 aliphatic rings. The van der Waals surface area contributed by atoms with Crippen LogP contribution in [0.5, 0.6) is 0 Å². The van der Waals surface area contributed by atoms with Crippen LogP contribution in [0.15, 0.2) is 23.3 Å². The molecule has 0 spiro atoms. The molecular formula is C15H26O. The maximum atomic E-state index is 5.22. The van der Waals surface area contributed by atoms with E-state index >= 15 is 0 Å². The summed E-state index contributed by atoms with van der Waals surface area (Å²) in [6.45, 7) is 7.67. The van der Waals surface area contributed by atoms with E-state index in [1.54, 1.807) is 12.7 Å². The maximum absolute atomic E-state index is 5.22. The Morgan fingerprint density at radius 1 is 1.56 bits per heavy atom. The van der Waals surface area contributed by atoms with Crippen LogP contribution in [-0.2, 0) is 4.74 Å². The quantitative estimate of drug-likeness (QED) is 0.628. The molecule has 1 heteroatoms. The highest BCUT2D eigenvalue weighted by atomic mass is 16.5. The van der Waals surface area contributed by atoms with Crippen LogP contribution >= 0.6 is 0 Å². The fourth-order valence-electron chi connectivity index (χ4n) is 2.27. The van der Waals surface area contributed by atoms with Gasteiger partial charge in [-0.2, -0.15) is 0 Å². The van der Waals surface area contributed by atoms with Gasteiger partial charge in [0.1, 0.15) is 0 Å². The Kier molecular flexibility index (Phi) is 5.83. The van der Waals surface area contributed by atoms with Crippen LogP contribution < -0.4 is 0 Å². The summed E-state index contributed by atoms with van der Waals surface area (Å²) in [5.74, 6) is 1.53. The summed E-state index contributed by atoms with van der Waals surface area (Å²) in [7, 11) is 1.78. The lowest BCUT2D eigenvalue weighted by Crippen LogP contribution is -2.11. The molecule has 0 heterocycles. The van der Waals surface area contributed by atoms with Crippen molar-refractivity contribution in [1.82, 2.24) is 0 Å². The Bertz CT molecular complexity index is 261. The van der Waals surface area contributed by atoms with Crippen molar-refractivity contribution in [2.75, 3.05) is 13.7 Å². The molecule has 1 atom stereocenters. The lowest BCUT2D eigenvalue weighted by atomic mass is 9.83. The molecule has 0 fully saturated rings. The number of allylic oxidation sites excluding steroid dienone is 3. The van der Waals surface area contributed by atoms with E-state index in [2.05, 4.69) is 32.9 Å². The number of hydrogen-bond donors (Lipinski definition) is 0. The summed E-state index contributed by atoms with van der Waals surface area (Å²) in [5, 5.41) is 0. The monoisotopic (exact) mass is 222 g/mol. The molecule has 0 aromatic carbocycles. The lowest BCUT2D eigenvalue weighted by molar-refractivity contribution is 0.218. The topological polar surface area (TPSA) is 9.23 Å². The van der Waals surface area contributed by atoms with Crippen molar-refractivity contribution in [1.29, 1.82) is 0 Å². The third kappa shape index (κ3) is 4.52. The molecule has 1 rings (SSSR count). The molecule has 0 radical (unpaired) electrons. The Hall–Kier alpha value is -0.560. The molecule has 0 aromatic rings. The molecule has 0 saturated heterocycles. The smallest absolute Gasteiger partial charge is 0.0673 e. The molecule has 0 amide bonds. The zero-order valence-corrected chi connectivity index (χ0v) is 11.3. The van der Waals surface area contributed by atoms with E-state index in [4.69, 9.17) is 4.74 Å². The Morgan fingerprint density at radius 3 is 2.94 bits per heavy atom. The van der Waals surface area contributed by atoms with Crippen molar-refractivity contribution in [3.8, 4) is 0 Å². The molecule has 0 aliphatic heterocycles. The standard InChI is InChI=1S/C15H26O/c1-12(2)8-9-13(3)15-7-5-6-14(10-15)11-16-4/h6,9,12,15H,5,7-8,10-11H2,1-4H3/b13-9+. The van der Waals surface area contributed by atoms with E-state index in [0.29, 0.717) is 0 Å². The van der Waals surface area contributed by atoms with E-state index in [9.17, 15) is 0 Å². The SMILES string of the molecule is COCC1=CCCC(/C(C)=C/CC(C)C)C1. The zero-order valence-electron chi connectivity index (χ0n) is 11.3. The summed E-state index contributed by atoms with van der Waals surface area (Å²) in [5.41, 5.74) is 3.06. The molecule has 0 N–H and O–H groups in total. The molecular weight excluding hydrogens is 196 g/mol. The minimum Gasteiger partial charge on any atom is -0.380 e. The molecule has 0 saturated carbocycles. The number of rotatable bonds is 5. The summed E-state index contributed by atoms with van der Waals surface area (Å²) in [6.07, 6.45) is 9.74. The van der Waals surface area contributed by atoms with Gasteiger partial charge < -0.3 is 4.74 Å². The number of methoxy groups -OCH3 is 1. The van der Waals surface area contributed by atoms with Crippen LogP contribution in [0.25, 0.3) is 0 Å². The Morgan fingerprint density at radius 2 is 2.31 bits per heavy atom. The Balaban J connectivity index is 2.49. The molecule has 1 unspecified atom stereocenters. The van der Waals surface area contributed by atoms with Crippen LogP contribution in [0.4, 0.5) is 0 Å². The lowest BCUT2D eigenvalue weighted by Gasteiger charge is -2.23. The first-order valence-corrected chi connectivity index (χ1v) is 6.47. The van der Waals surface area contributed by atoms with Gasteiger partial charge in [-0.15, -0.1) is 0 Å². The number of ether oxygens (including phenoxy) is 1. The van der Waals surface area contributed by atoms with Crippen molar-refractivity contribution >= 4 is 0 Å². The predicted molar refractivity (Wildman–Crippen MR) is 70.5 cm³/mol. The van der Waals surface area contributed by atoms with Gasteiger partial charge in [-0.3, -0.25) is 0 Å². The first-order valence-electron chi connectivity index (χ1n) is 6.47. The maximum Gasteiger partial charge on any atom is 0.0673 e. The van der Waals surface area contributed by atoms with Crippen molar-refractivity contribution < 1.29 is 4.74 Å². The highest BCUT2D eigenvalue weighted by Crippen LogP contribution is 2.30. The van der Waals surface area contributed by atoms with Gasteiger partial charge >= 0.3 is 0 Å². The first kappa shape index (κ1) is 13.5. The fourth-order valence-corrected chi connectivity index (χ4v) is 2.27. The van der Waals surface area contributed by atoms with E-state index < -0.39 is 0 Å². The highest BCUT2D eigenvalue weighted by molar-refractivity contribution is 5.15. The average Bonchev–Trinajstić information content (AvgIpc) is 2.26. The van der Waals surface area contributed by atoms with Gasteiger partial charge in [0, 0.05) is 7.11 Å².